The van der Waals surface area contributed by atoms with Crippen molar-refractivity contribution < 1.29 is 14.6 Å². The van der Waals surface area contributed by atoms with Gasteiger partial charge >= 0.3 is 5.97 Å². The van der Waals surface area contributed by atoms with Crippen LogP contribution in [0.3, 0.4) is 0 Å². The van der Waals surface area contributed by atoms with Crippen LogP contribution in [0.15, 0.2) is 24.3 Å². The molecule has 0 heterocycles. The van der Waals surface area contributed by atoms with Crippen molar-refractivity contribution in [3.05, 3.63) is 29.8 Å². The molecule has 1 aliphatic rings. The highest BCUT2D eigenvalue weighted by Gasteiger charge is 2.32. The molecule has 0 aromatic heterocycles. The summed E-state index contributed by atoms with van der Waals surface area (Å²) in [5.74, 6) is 0.765. The summed E-state index contributed by atoms with van der Waals surface area (Å²) in [4.78, 5) is 11.7. The zero-order valence-corrected chi connectivity index (χ0v) is 12.3. The van der Waals surface area contributed by atoms with Gasteiger partial charge < -0.3 is 9.84 Å². The number of ether oxygens (including phenoxy) is 1. The number of hydrogen-bond donors (Lipinski definition) is 1. The molecule has 110 valence electrons. The summed E-state index contributed by atoms with van der Waals surface area (Å²) in [7, 11) is 1.64. The van der Waals surface area contributed by atoms with E-state index in [1.54, 1.807) is 7.11 Å². The zero-order chi connectivity index (χ0) is 14.5. The van der Waals surface area contributed by atoms with Gasteiger partial charge in [-0.2, -0.15) is 0 Å². The number of para-hydroxylation sites is 1. The van der Waals surface area contributed by atoms with Gasteiger partial charge in [0.05, 0.1) is 13.0 Å². The molecule has 1 N–H and O–H groups in total. The lowest BCUT2D eigenvalue weighted by atomic mass is 9.74. The topological polar surface area (TPSA) is 46.5 Å². The maximum atomic E-state index is 11.7. The number of benzene rings is 1. The largest absolute Gasteiger partial charge is 0.496 e. The van der Waals surface area contributed by atoms with Gasteiger partial charge in [0.1, 0.15) is 5.75 Å². The first-order chi connectivity index (χ1) is 9.61. The summed E-state index contributed by atoms with van der Waals surface area (Å²) in [6, 6.07) is 7.74. The van der Waals surface area contributed by atoms with E-state index in [4.69, 9.17) is 4.74 Å². The van der Waals surface area contributed by atoms with Crippen molar-refractivity contribution in [3.8, 4) is 5.75 Å². The van der Waals surface area contributed by atoms with Crippen molar-refractivity contribution in [2.24, 2.45) is 17.8 Å². The number of rotatable bonds is 5. The second-order valence-corrected chi connectivity index (χ2v) is 5.99. The van der Waals surface area contributed by atoms with E-state index in [0.717, 1.165) is 30.6 Å². The van der Waals surface area contributed by atoms with E-state index in [0.29, 0.717) is 18.3 Å². The van der Waals surface area contributed by atoms with E-state index in [-0.39, 0.29) is 5.92 Å². The van der Waals surface area contributed by atoms with Crippen LogP contribution in [0.25, 0.3) is 0 Å². The van der Waals surface area contributed by atoms with Crippen LogP contribution in [0.5, 0.6) is 5.75 Å². The maximum Gasteiger partial charge on any atom is 0.307 e. The van der Waals surface area contributed by atoms with Gasteiger partial charge in [-0.3, -0.25) is 4.79 Å². The molecule has 0 aliphatic heterocycles. The highest BCUT2D eigenvalue weighted by Crippen LogP contribution is 2.36. The smallest absolute Gasteiger partial charge is 0.307 e. The first-order valence-electron chi connectivity index (χ1n) is 7.46. The van der Waals surface area contributed by atoms with Crippen molar-refractivity contribution in [2.45, 2.75) is 39.0 Å². The number of methoxy groups -OCH3 is 1. The summed E-state index contributed by atoms with van der Waals surface area (Å²) in [6.07, 6.45) is 5.03. The minimum Gasteiger partial charge on any atom is -0.496 e. The molecule has 3 atom stereocenters. The van der Waals surface area contributed by atoms with Crippen molar-refractivity contribution >= 4 is 5.97 Å². The van der Waals surface area contributed by atoms with Crippen LogP contribution >= 0.6 is 0 Å². The predicted octanol–water partition coefficient (Wildman–Crippen LogP) is 3.76. The molecule has 3 unspecified atom stereocenters. The lowest BCUT2D eigenvalue weighted by Crippen LogP contribution is -2.29. The lowest BCUT2D eigenvalue weighted by Gasteiger charge is -2.31. The number of carboxylic acid groups (broad SMARTS) is 1. The Morgan fingerprint density at radius 1 is 1.40 bits per heavy atom. The third-order valence-electron chi connectivity index (χ3n) is 4.50. The molecule has 2 rings (SSSR count). The average Bonchev–Trinajstić information content (AvgIpc) is 2.44. The van der Waals surface area contributed by atoms with Crippen LogP contribution in [-0.2, 0) is 11.2 Å². The maximum absolute atomic E-state index is 11.7. The van der Waals surface area contributed by atoms with E-state index in [1.165, 1.54) is 6.42 Å². The third kappa shape index (κ3) is 3.53. The SMILES string of the molecule is COc1ccccc1CC(C(=O)O)C1CCCC(C)C1. The lowest BCUT2D eigenvalue weighted by molar-refractivity contribution is -0.144. The number of carbonyl (C=O) groups is 1. The normalized spacial score (nSPS) is 24.1. The summed E-state index contributed by atoms with van der Waals surface area (Å²) in [6.45, 7) is 2.23. The fourth-order valence-corrected chi connectivity index (χ4v) is 3.41. The molecule has 0 saturated heterocycles. The summed E-state index contributed by atoms with van der Waals surface area (Å²) in [5, 5.41) is 9.60. The van der Waals surface area contributed by atoms with E-state index >= 15 is 0 Å². The van der Waals surface area contributed by atoms with Crippen LogP contribution in [0.4, 0.5) is 0 Å². The number of hydrogen-bond acceptors (Lipinski definition) is 2. The number of carboxylic acids is 1. The Balaban J connectivity index is 2.15. The molecule has 3 nitrogen and oxygen atoms in total. The van der Waals surface area contributed by atoms with Crippen molar-refractivity contribution in [1.29, 1.82) is 0 Å². The van der Waals surface area contributed by atoms with Crippen molar-refractivity contribution in [3.63, 3.8) is 0 Å². The van der Waals surface area contributed by atoms with Gasteiger partial charge in [0.25, 0.3) is 0 Å². The van der Waals surface area contributed by atoms with Crippen LogP contribution in [-0.4, -0.2) is 18.2 Å². The summed E-state index contributed by atoms with van der Waals surface area (Å²) in [5.41, 5.74) is 1.00. The monoisotopic (exact) mass is 276 g/mol. The Labute approximate surface area is 121 Å². The summed E-state index contributed by atoms with van der Waals surface area (Å²) >= 11 is 0. The first kappa shape index (κ1) is 14.9. The molecule has 0 radical (unpaired) electrons. The van der Waals surface area contributed by atoms with Crippen molar-refractivity contribution in [2.75, 3.05) is 7.11 Å². The van der Waals surface area contributed by atoms with Crippen LogP contribution < -0.4 is 4.74 Å². The standard InChI is InChI=1S/C17H24O3/c1-12-6-5-8-13(10-12)15(17(18)19)11-14-7-3-4-9-16(14)20-2/h3-4,7,9,12-13,15H,5-6,8,10-11H2,1-2H3,(H,18,19). The fraction of sp³-hybridized carbons (Fsp3) is 0.588. The minimum atomic E-state index is -0.671. The average molecular weight is 276 g/mol. The molecule has 1 saturated carbocycles. The highest BCUT2D eigenvalue weighted by molar-refractivity contribution is 5.71. The predicted molar refractivity (Wildman–Crippen MR) is 78.9 cm³/mol. The third-order valence-corrected chi connectivity index (χ3v) is 4.50. The molecular formula is C17H24O3. The van der Waals surface area contributed by atoms with Crippen LogP contribution in [0.2, 0.25) is 0 Å². The van der Waals surface area contributed by atoms with Gasteiger partial charge in [-0.25, -0.2) is 0 Å². The second-order valence-electron chi connectivity index (χ2n) is 5.99. The van der Waals surface area contributed by atoms with E-state index in [2.05, 4.69) is 6.92 Å². The molecule has 0 spiro atoms. The molecule has 0 amide bonds. The summed E-state index contributed by atoms with van der Waals surface area (Å²) < 4.78 is 5.34. The molecule has 0 bridgehead atoms. The fourth-order valence-electron chi connectivity index (χ4n) is 3.41. The highest BCUT2D eigenvalue weighted by atomic mass is 16.5. The molecule has 1 aromatic carbocycles. The minimum absolute atomic E-state index is 0.293. The van der Waals surface area contributed by atoms with Gasteiger partial charge in [0.15, 0.2) is 0 Å². The molecule has 1 aliphatic carbocycles. The van der Waals surface area contributed by atoms with E-state index < -0.39 is 5.97 Å². The number of aliphatic carboxylic acids is 1. The van der Waals surface area contributed by atoms with E-state index in [1.807, 2.05) is 24.3 Å². The Morgan fingerprint density at radius 3 is 2.80 bits per heavy atom. The molecule has 20 heavy (non-hydrogen) atoms. The van der Waals surface area contributed by atoms with Crippen molar-refractivity contribution in [1.82, 2.24) is 0 Å². The van der Waals surface area contributed by atoms with Crippen LogP contribution in [0, 0.1) is 17.8 Å². The Kier molecular flexibility index (Phi) is 5.05. The Bertz CT molecular complexity index is 455. The van der Waals surface area contributed by atoms with Crippen LogP contribution in [0.1, 0.15) is 38.2 Å². The zero-order valence-electron chi connectivity index (χ0n) is 12.3. The molecule has 1 fully saturated rings. The van der Waals surface area contributed by atoms with Gasteiger partial charge in [0.2, 0.25) is 0 Å². The van der Waals surface area contributed by atoms with Gasteiger partial charge in [-0.15, -0.1) is 0 Å². The van der Waals surface area contributed by atoms with Gasteiger partial charge in [-0.05, 0) is 42.7 Å². The second kappa shape index (κ2) is 6.78. The van der Waals surface area contributed by atoms with Gasteiger partial charge in [0, 0.05) is 0 Å². The molecule has 1 aromatic rings. The first-order valence-corrected chi connectivity index (χ1v) is 7.46. The Morgan fingerprint density at radius 2 is 2.15 bits per heavy atom. The van der Waals surface area contributed by atoms with Gasteiger partial charge in [-0.1, -0.05) is 38.0 Å². The quantitative estimate of drug-likeness (QED) is 0.890. The van der Waals surface area contributed by atoms with E-state index in [9.17, 15) is 9.90 Å². The Hall–Kier alpha value is -1.51. The molecule has 3 heteroatoms. The molecular weight excluding hydrogens is 252 g/mol.